The van der Waals surface area contributed by atoms with Gasteiger partial charge in [-0.15, -0.1) is 0 Å². The average molecular weight is 287 g/mol. The first-order valence-corrected chi connectivity index (χ1v) is 8.99. The van der Waals surface area contributed by atoms with Crippen molar-refractivity contribution in [1.29, 1.82) is 0 Å². The molecule has 0 aliphatic carbocycles. The Morgan fingerprint density at radius 2 is 2.00 bits per heavy atom. The molecule has 19 heavy (non-hydrogen) atoms. The maximum atomic E-state index is 12.0. The predicted octanol–water partition coefficient (Wildman–Crippen LogP) is 1.97. The Bertz CT molecular complexity index is 276. The van der Waals surface area contributed by atoms with Crippen molar-refractivity contribution in [2.24, 2.45) is 0 Å². The number of piperidine rings is 1. The summed E-state index contributed by atoms with van der Waals surface area (Å²) >= 11 is 0. The van der Waals surface area contributed by atoms with Crippen LogP contribution in [0.4, 0.5) is 4.79 Å². The number of hydrogen-bond acceptors (Lipinski definition) is 3. The van der Waals surface area contributed by atoms with E-state index in [0.29, 0.717) is 6.10 Å². The molecule has 0 aromatic carbocycles. The van der Waals surface area contributed by atoms with E-state index in [1.165, 1.54) is 22.7 Å². The largest absolute Gasteiger partial charge is 0.443 e. The van der Waals surface area contributed by atoms with Crippen LogP contribution in [0.25, 0.3) is 0 Å². The van der Waals surface area contributed by atoms with Crippen LogP contribution in [-0.2, 0) is 9.47 Å². The number of likely N-dealkylation sites (tertiary alicyclic amines) is 1. The van der Waals surface area contributed by atoms with Gasteiger partial charge < -0.3 is 14.4 Å². The van der Waals surface area contributed by atoms with Crippen LogP contribution < -0.4 is 0 Å². The topological polar surface area (TPSA) is 38.8 Å². The summed E-state index contributed by atoms with van der Waals surface area (Å²) < 4.78 is 11.3. The summed E-state index contributed by atoms with van der Waals surface area (Å²) in [6.45, 7) is 8.32. The first kappa shape index (κ1) is 16.5. The molecule has 112 valence electrons. The molecule has 4 nitrogen and oxygen atoms in total. The molecule has 1 heterocycles. The molecule has 0 atom stereocenters. The molecule has 0 spiro atoms. The fraction of sp³-hybridized carbons (Fsp3) is 0.929. The van der Waals surface area contributed by atoms with Gasteiger partial charge in [-0.05, 0) is 39.5 Å². The lowest BCUT2D eigenvalue weighted by Gasteiger charge is -2.34. The van der Waals surface area contributed by atoms with E-state index >= 15 is 0 Å². The standard InChI is InChI=1S/C14H29NO3Si/c1-4-14(2,3)18-13(16)15-8-6-12(7-9-15)17-10-5-11-19/h12H,4-11H2,1-3,19H3. The Hall–Kier alpha value is -0.553. The fourth-order valence-corrected chi connectivity index (χ4v) is 2.26. The van der Waals surface area contributed by atoms with Gasteiger partial charge in [0.15, 0.2) is 0 Å². The van der Waals surface area contributed by atoms with E-state index in [-0.39, 0.29) is 11.7 Å². The van der Waals surface area contributed by atoms with E-state index < -0.39 is 0 Å². The monoisotopic (exact) mass is 287 g/mol. The van der Waals surface area contributed by atoms with Crippen LogP contribution >= 0.6 is 0 Å². The molecule has 0 saturated carbocycles. The number of rotatable bonds is 6. The molecular formula is C14H29NO3Si. The van der Waals surface area contributed by atoms with Crippen LogP contribution in [-0.4, -0.2) is 52.6 Å². The van der Waals surface area contributed by atoms with Gasteiger partial charge in [0.1, 0.15) is 5.60 Å². The lowest BCUT2D eigenvalue weighted by Crippen LogP contribution is -2.44. The van der Waals surface area contributed by atoms with Gasteiger partial charge in [0, 0.05) is 29.9 Å². The zero-order valence-electron chi connectivity index (χ0n) is 12.9. The normalized spacial score (nSPS) is 17.7. The van der Waals surface area contributed by atoms with Gasteiger partial charge in [-0.25, -0.2) is 4.79 Å². The summed E-state index contributed by atoms with van der Waals surface area (Å²) in [6, 6.07) is 1.30. The van der Waals surface area contributed by atoms with Crippen molar-refractivity contribution in [3.8, 4) is 0 Å². The molecule has 1 fully saturated rings. The Balaban J connectivity index is 2.27. The quantitative estimate of drug-likeness (QED) is 0.554. The molecule has 1 saturated heterocycles. The molecule has 0 unspecified atom stereocenters. The maximum Gasteiger partial charge on any atom is 0.410 e. The van der Waals surface area contributed by atoms with Gasteiger partial charge in [0.05, 0.1) is 6.10 Å². The van der Waals surface area contributed by atoms with Gasteiger partial charge in [-0.3, -0.25) is 0 Å². The molecular weight excluding hydrogens is 258 g/mol. The van der Waals surface area contributed by atoms with Crippen molar-refractivity contribution in [2.75, 3.05) is 19.7 Å². The van der Waals surface area contributed by atoms with E-state index in [2.05, 4.69) is 0 Å². The first-order valence-electron chi connectivity index (χ1n) is 7.58. The predicted molar refractivity (Wildman–Crippen MR) is 80.8 cm³/mol. The van der Waals surface area contributed by atoms with E-state index in [0.717, 1.165) is 39.0 Å². The van der Waals surface area contributed by atoms with Crippen molar-refractivity contribution in [1.82, 2.24) is 4.90 Å². The second-order valence-electron chi connectivity index (χ2n) is 5.89. The van der Waals surface area contributed by atoms with Gasteiger partial charge in [-0.2, -0.15) is 0 Å². The summed E-state index contributed by atoms with van der Waals surface area (Å²) in [4.78, 5) is 13.8. The third-order valence-corrected chi connectivity index (χ3v) is 4.47. The third-order valence-electron chi connectivity index (χ3n) is 3.77. The SMILES string of the molecule is CCC(C)(C)OC(=O)N1CCC(OCCC[SiH3])CC1. The number of ether oxygens (including phenoxy) is 2. The average Bonchev–Trinajstić information content (AvgIpc) is 2.39. The highest BCUT2D eigenvalue weighted by Gasteiger charge is 2.28. The number of carbonyl (C=O) groups is 1. The van der Waals surface area contributed by atoms with E-state index in [1.807, 2.05) is 25.7 Å². The van der Waals surface area contributed by atoms with Crippen molar-refractivity contribution in [2.45, 2.75) is 64.2 Å². The minimum atomic E-state index is -0.366. The minimum absolute atomic E-state index is 0.176. The molecule has 1 aliphatic heterocycles. The van der Waals surface area contributed by atoms with Crippen LogP contribution in [0.1, 0.15) is 46.5 Å². The number of carbonyl (C=O) groups excluding carboxylic acids is 1. The van der Waals surface area contributed by atoms with Crippen molar-refractivity contribution in [3.63, 3.8) is 0 Å². The molecule has 1 aliphatic rings. The Labute approximate surface area is 120 Å². The van der Waals surface area contributed by atoms with E-state index in [9.17, 15) is 4.79 Å². The fourth-order valence-electron chi connectivity index (χ4n) is 1.97. The second kappa shape index (κ2) is 7.90. The number of nitrogens with zero attached hydrogens (tertiary/aromatic N) is 1. The zero-order chi connectivity index (χ0) is 14.3. The highest BCUT2D eigenvalue weighted by atomic mass is 28.1. The van der Waals surface area contributed by atoms with Crippen molar-refractivity contribution < 1.29 is 14.3 Å². The molecule has 1 amide bonds. The minimum Gasteiger partial charge on any atom is -0.443 e. The highest BCUT2D eigenvalue weighted by molar-refractivity contribution is 6.08. The molecule has 5 heteroatoms. The Kier molecular flexibility index (Phi) is 6.86. The van der Waals surface area contributed by atoms with Crippen LogP contribution in [0.3, 0.4) is 0 Å². The van der Waals surface area contributed by atoms with Crippen molar-refractivity contribution >= 4 is 16.3 Å². The van der Waals surface area contributed by atoms with Gasteiger partial charge in [-0.1, -0.05) is 13.0 Å². The third kappa shape index (κ3) is 5.95. The van der Waals surface area contributed by atoms with Gasteiger partial charge in [0.2, 0.25) is 0 Å². The summed E-state index contributed by atoms with van der Waals surface area (Å²) in [5.41, 5.74) is -0.366. The zero-order valence-corrected chi connectivity index (χ0v) is 14.9. The molecule has 0 aromatic rings. The Morgan fingerprint density at radius 1 is 1.37 bits per heavy atom. The van der Waals surface area contributed by atoms with Crippen LogP contribution in [0.15, 0.2) is 0 Å². The molecule has 0 bridgehead atoms. The molecule has 0 radical (unpaired) electrons. The first-order chi connectivity index (χ1) is 8.98. The summed E-state index contributed by atoms with van der Waals surface area (Å²) in [5, 5.41) is 0. The smallest absolute Gasteiger partial charge is 0.410 e. The summed E-state index contributed by atoms with van der Waals surface area (Å²) in [6.07, 6.45) is 4.03. The van der Waals surface area contributed by atoms with Crippen LogP contribution in [0.2, 0.25) is 6.04 Å². The van der Waals surface area contributed by atoms with Crippen molar-refractivity contribution in [3.05, 3.63) is 0 Å². The van der Waals surface area contributed by atoms with E-state index in [1.54, 1.807) is 0 Å². The summed E-state index contributed by atoms with van der Waals surface area (Å²) in [5.74, 6) is 0. The molecule has 1 rings (SSSR count). The Morgan fingerprint density at radius 3 is 2.53 bits per heavy atom. The highest BCUT2D eigenvalue weighted by Crippen LogP contribution is 2.19. The maximum absolute atomic E-state index is 12.0. The van der Waals surface area contributed by atoms with Crippen LogP contribution in [0, 0.1) is 0 Å². The van der Waals surface area contributed by atoms with E-state index in [4.69, 9.17) is 9.47 Å². The van der Waals surface area contributed by atoms with Gasteiger partial charge >= 0.3 is 6.09 Å². The molecule has 0 N–H and O–H groups in total. The second-order valence-corrected chi connectivity index (χ2v) is 6.89. The number of amides is 1. The molecule has 0 aromatic heterocycles. The number of hydrogen-bond donors (Lipinski definition) is 0. The van der Waals surface area contributed by atoms with Gasteiger partial charge in [0.25, 0.3) is 0 Å². The van der Waals surface area contributed by atoms with Crippen LogP contribution in [0.5, 0.6) is 0 Å². The lowest BCUT2D eigenvalue weighted by molar-refractivity contribution is -0.0169. The lowest BCUT2D eigenvalue weighted by atomic mass is 10.1. The summed E-state index contributed by atoms with van der Waals surface area (Å²) in [7, 11) is 1.26.